The van der Waals surface area contributed by atoms with Crippen LogP contribution < -0.4 is 10.9 Å². The minimum atomic E-state index is -0.206. The summed E-state index contributed by atoms with van der Waals surface area (Å²) in [6.07, 6.45) is 4.32. The van der Waals surface area contributed by atoms with Gasteiger partial charge >= 0.3 is 0 Å². The Labute approximate surface area is 131 Å². The van der Waals surface area contributed by atoms with E-state index < -0.39 is 0 Å². The van der Waals surface area contributed by atoms with Gasteiger partial charge in [0.05, 0.1) is 0 Å². The van der Waals surface area contributed by atoms with Gasteiger partial charge in [0.1, 0.15) is 5.69 Å². The van der Waals surface area contributed by atoms with Crippen LogP contribution in [0.5, 0.6) is 0 Å². The van der Waals surface area contributed by atoms with Crippen molar-refractivity contribution in [3.05, 3.63) is 28.2 Å². The maximum absolute atomic E-state index is 12.2. The van der Waals surface area contributed by atoms with Crippen molar-refractivity contribution in [2.75, 3.05) is 19.6 Å². The van der Waals surface area contributed by atoms with Gasteiger partial charge in [0.15, 0.2) is 0 Å². The molecule has 0 radical (unpaired) electrons. The number of likely N-dealkylation sites (tertiary alicyclic amines) is 1. The molecule has 1 aromatic heterocycles. The highest BCUT2D eigenvalue weighted by atomic mass is 16.2. The first-order chi connectivity index (χ1) is 10.7. The van der Waals surface area contributed by atoms with Gasteiger partial charge in [-0.3, -0.25) is 14.5 Å². The summed E-state index contributed by atoms with van der Waals surface area (Å²) in [6.45, 7) is 7.52. The molecule has 1 saturated heterocycles. The summed E-state index contributed by atoms with van der Waals surface area (Å²) in [5.74, 6) is -0.206. The van der Waals surface area contributed by atoms with Gasteiger partial charge in [0.2, 0.25) is 0 Å². The topological polar surface area (TPSA) is 67.2 Å². The second-order valence-corrected chi connectivity index (χ2v) is 5.80. The molecule has 1 amide bonds. The summed E-state index contributed by atoms with van der Waals surface area (Å²) in [7, 11) is 0. The predicted octanol–water partition coefficient (Wildman–Crippen LogP) is 1.26. The van der Waals surface area contributed by atoms with Gasteiger partial charge < -0.3 is 5.32 Å². The SMILES string of the molecule is CCCn1nc(C(=O)NC[C@H](CC)N2CCCC2)ccc1=O. The monoisotopic (exact) mass is 306 g/mol. The van der Waals surface area contributed by atoms with Gasteiger partial charge in [-0.15, -0.1) is 0 Å². The molecule has 122 valence electrons. The average molecular weight is 306 g/mol. The van der Waals surface area contributed by atoms with Gasteiger partial charge in [-0.25, -0.2) is 4.68 Å². The standard InChI is InChI=1S/C16H26N4O2/c1-3-9-20-15(21)8-7-14(18-20)16(22)17-12-13(4-2)19-10-5-6-11-19/h7-8,13H,3-6,9-12H2,1-2H3,(H,17,22)/t13-/m0/s1. The molecule has 0 aliphatic carbocycles. The van der Waals surface area contributed by atoms with Crippen molar-refractivity contribution in [1.29, 1.82) is 0 Å². The summed E-state index contributed by atoms with van der Waals surface area (Å²) < 4.78 is 1.35. The first kappa shape index (κ1) is 16.7. The molecule has 0 bridgehead atoms. The second-order valence-electron chi connectivity index (χ2n) is 5.80. The number of amides is 1. The smallest absolute Gasteiger partial charge is 0.271 e. The number of nitrogens with one attached hydrogen (secondary N) is 1. The number of rotatable bonds is 7. The minimum absolute atomic E-state index is 0.165. The first-order valence-electron chi connectivity index (χ1n) is 8.26. The highest BCUT2D eigenvalue weighted by Crippen LogP contribution is 2.13. The van der Waals surface area contributed by atoms with E-state index in [4.69, 9.17) is 0 Å². The van der Waals surface area contributed by atoms with Crippen molar-refractivity contribution in [3.63, 3.8) is 0 Å². The lowest BCUT2D eigenvalue weighted by Gasteiger charge is -2.26. The number of carbonyl (C=O) groups is 1. The van der Waals surface area contributed by atoms with Crippen LogP contribution in [0.2, 0.25) is 0 Å². The molecule has 1 fully saturated rings. The third kappa shape index (κ3) is 4.16. The summed E-state index contributed by atoms with van der Waals surface area (Å²) in [5.41, 5.74) is 0.145. The summed E-state index contributed by atoms with van der Waals surface area (Å²) >= 11 is 0. The lowest BCUT2D eigenvalue weighted by Crippen LogP contribution is -2.42. The number of carbonyl (C=O) groups excluding carboxylic acids is 1. The molecule has 1 atom stereocenters. The molecule has 1 aliphatic rings. The van der Waals surface area contributed by atoms with Crippen molar-refractivity contribution in [2.45, 2.75) is 52.1 Å². The van der Waals surface area contributed by atoms with Crippen LogP contribution in [-0.2, 0) is 6.54 Å². The van der Waals surface area contributed by atoms with Crippen LogP contribution >= 0.6 is 0 Å². The van der Waals surface area contributed by atoms with Crippen LogP contribution in [0.1, 0.15) is 50.0 Å². The summed E-state index contributed by atoms with van der Waals surface area (Å²) in [5, 5.41) is 7.10. The molecule has 0 saturated carbocycles. The average Bonchev–Trinajstić information content (AvgIpc) is 3.04. The van der Waals surface area contributed by atoms with Crippen LogP contribution in [0.4, 0.5) is 0 Å². The van der Waals surface area contributed by atoms with Gasteiger partial charge in [0, 0.05) is 25.2 Å². The molecule has 22 heavy (non-hydrogen) atoms. The Bertz CT molecular complexity index is 549. The van der Waals surface area contributed by atoms with E-state index in [0.29, 0.717) is 24.8 Å². The Morgan fingerprint density at radius 3 is 2.68 bits per heavy atom. The Morgan fingerprint density at radius 1 is 1.32 bits per heavy atom. The van der Waals surface area contributed by atoms with E-state index in [0.717, 1.165) is 25.9 Å². The molecule has 0 unspecified atom stereocenters. The van der Waals surface area contributed by atoms with E-state index in [1.165, 1.54) is 29.7 Å². The quantitative estimate of drug-likeness (QED) is 0.823. The number of hydrogen-bond donors (Lipinski definition) is 1. The fourth-order valence-electron chi connectivity index (χ4n) is 2.88. The number of hydrogen-bond acceptors (Lipinski definition) is 4. The minimum Gasteiger partial charge on any atom is -0.349 e. The predicted molar refractivity (Wildman–Crippen MR) is 86.0 cm³/mol. The molecule has 6 heteroatoms. The fourth-order valence-corrected chi connectivity index (χ4v) is 2.88. The molecule has 2 heterocycles. The number of aromatic nitrogens is 2. The molecule has 1 aromatic rings. The van der Waals surface area contributed by atoms with E-state index in [-0.39, 0.29) is 11.5 Å². The van der Waals surface area contributed by atoms with E-state index in [1.807, 2.05) is 6.92 Å². The van der Waals surface area contributed by atoms with Crippen molar-refractivity contribution >= 4 is 5.91 Å². The summed E-state index contributed by atoms with van der Waals surface area (Å²) in [6, 6.07) is 3.30. The highest BCUT2D eigenvalue weighted by Gasteiger charge is 2.21. The van der Waals surface area contributed by atoms with Crippen molar-refractivity contribution in [3.8, 4) is 0 Å². The number of nitrogens with zero attached hydrogens (tertiary/aromatic N) is 3. The van der Waals surface area contributed by atoms with Crippen LogP contribution in [0.15, 0.2) is 16.9 Å². The van der Waals surface area contributed by atoms with Crippen molar-refractivity contribution < 1.29 is 4.79 Å². The largest absolute Gasteiger partial charge is 0.349 e. The van der Waals surface area contributed by atoms with Crippen molar-refractivity contribution in [1.82, 2.24) is 20.0 Å². The van der Waals surface area contributed by atoms with Crippen molar-refractivity contribution in [2.24, 2.45) is 0 Å². The van der Waals surface area contributed by atoms with Gasteiger partial charge in [-0.2, -0.15) is 5.10 Å². The zero-order valence-corrected chi connectivity index (χ0v) is 13.5. The molecule has 0 aromatic carbocycles. The summed E-state index contributed by atoms with van der Waals surface area (Å²) in [4.78, 5) is 26.3. The molecule has 0 spiro atoms. The Morgan fingerprint density at radius 2 is 2.05 bits per heavy atom. The molecule has 1 aliphatic heterocycles. The van der Waals surface area contributed by atoms with E-state index >= 15 is 0 Å². The Kier molecular flexibility index (Phi) is 6.12. The fraction of sp³-hybridized carbons (Fsp3) is 0.688. The van der Waals surface area contributed by atoms with E-state index in [2.05, 4.69) is 22.2 Å². The maximum atomic E-state index is 12.2. The Hall–Kier alpha value is -1.69. The highest BCUT2D eigenvalue weighted by molar-refractivity contribution is 5.92. The van der Waals surface area contributed by atoms with E-state index in [9.17, 15) is 9.59 Å². The zero-order valence-electron chi connectivity index (χ0n) is 13.5. The number of aryl methyl sites for hydroxylation is 1. The van der Waals surface area contributed by atoms with Crippen LogP contribution in [0.3, 0.4) is 0 Å². The molecule has 6 nitrogen and oxygen atoms in total. The van der Waals surface area contributed by atoms with Gasteiger partial charge in [-0.1, -0.05) is 13.8 Å². The van der Waals surface area contributed by atoms with Gasteiger partial charge in [0.25, 0.3) is 11.5 Å². The second kappa shape index (κ2) is 8.08. The van der Waals surface area contributed by atoms with E-state index in [1.54, 1.807) is 0 Å². The maximum Gasteiger partial charge on any atom is 0.271 e. The zero-order chi connectivity index (χ0) is 15.9. The van der Waals surface area contributed by atoms with Crippen LogP contribution in [-0.4, -0.2) is 46.3 Å². The van der Waals surface area contributed by atoms with Gasteiger partial charge in [-0.05, 0) is 44.8 Å². The van der Waals surface area contributed by atoms with Crippen LogP contribution in [0.25, 0.3) is 0 Å². The third-order valence-electron chi connectivity index (χ3n) is 4.16. The normalized spacial score (nSPS) is 16.6. The third-order valence-corrected chi connectivity index (χ3v) is 4.16. The molecule has 1 N–H and O–H groups in total. The lowest BCUT2D eigenvalue weighted by molar-refractivity contribution is 0.0929. The first-order valence-corrected chi connectivity index (χ1v) is 8.26. The van der Waals surface area contributed by atoms with Crippen LogP contribution in [0, 0.1) is 0 Å². The lowest BCUT2D eigenvalue weighted by atomic mass is 10.2. The Balaban J connectivity index is 1.96. The molecular formula is C16H26N4O2. The molecule has 2 rings (SSSR count). The molecular weight excluding hydrogens is 280 g/mol.